The van der Waals surface area contributed by atoms with Crippen molar-refractivity contribution in [3.63, 3.8) is 0 Å². The first-order valence-electron chi connectivity index (χ1n) is 23.2. The zero-order valence-electron chi connectivity index (χ0n) is 37.8. The van der Waals surface area contributed by atoms with E-state index in [1.54, 1.807) is 26.9 Å². The van der Waals surface area contributed by atoms with Gasteiger partial charge in [0.25, 0.3) is 0 Å². The molecule has 4 atom stereocenters. The number of hydrogen-bond acceptors (Lipinski definition) is 10. The van der Waals surface area contributed by atoms with Gasteiger partial charge in [-0.1, -0.05) is 165 Å². The Morgan fingerprint density at radius 2 is 1.10 bits per heavy atom. The van der Waals surface area contributed by atoms with E-state index in [9.17, 15) is 5.11 Å². The molecular formula is C56H56N6O5. The Kier molecular flexibility index (Phi) is 12.8. The molecule has 1 saturated heterocycles. The summed E-state index contributed by atoms with van der Waals surface area (Å²) in [5.41, 5.74) is 4.99. The average molecular weight is 893 g/mol. The van der Waals surface area contributed by atoms with E-state index in [2.05, 4.69) is 71.3 Å². The van der Waals surface area contributed by atoms with Gasteiger partial charge in [-0.05, 0) is 70.5 Å². The van der Waals surface area contributed by atoms with Gasteiger partial charge in [-0.2, -0.15) is 0 Å². The summed E-state index contributed by atoms with van der Waals surface area (Å²) in [6.45, 7) is 0.0727. The number of rotatable bonds is 16. The molecule has 0 unspecified atom stereocenters. The SMILES string of the molecule is COc1ccc(C(Nc2ncnc3c2ncn3[C@@H]2O[C@H](COC(c3ccccc3)(c3ccccc3)c3ccc(OC)cc3)[C@H](O)[C@H]2NC2CCCCC2)(c2ccccc2)c2ccccc2)cc1. The maximum absolute atomic E-state index is 12.5. The number of ether oxygens (including phenoxy) is 4. The molecule has 3 heterocycles. The maximum atomic E-state index is 12.5. The second-order valence-electron chi connectivity index (χ2n) is 17.4. The van der Waals surface area contributed by atoms with Crippen LogP contribution in [0.5, 0.6) is 11.5 Å². The Morgan fingerprint density at radius 1 is 0.612 bits per heavy atom. The molecule has 2 aromatic heterocycles. The van der Waals surface area contributed by atoms with E-state index in [0.29, 0.717) is 17.0 Å². The Bertz CT molecular complexity index is 2750. The highest BCUT2D eigenvalue weighted by Crippen LogP contribution is 2.44. The molecular weight excluding hydrogens is 837 g/mol. The number of nitrogens with zero attached hydrogens (tertiary/aromatic N) is 4. The van der Waals surface area contributed by atoms with Crippen molar-refractivity contribution in [2.75, 3.05) is 26.1 Å². The lowest BCUT2D eigenvalue weighted by molar-refractivity contribution is -0.0933. The normalized spacial score (nSPS) is 19.0. The lowest BCUT2D eigenvalue weighted by Crippen LogP contribution is -2.49. The van der Waals surface area contributed by atoms with E-state index >= 15 is 0 Å². The summed E-state index contributed by atoms with van der Waals surface area (Å²) in [7, 11) is 3.34. The van der Waals surface area contributed by atoms with Crippen LogP contribution >= 0.6 is 0 Å². The van der Waals surface area contributed by atoms with E-state index in [-0.39, 0.29) is 12.6 Å². The van der Waals surface area contributed by atoms with Gasteiger partial charge in [0, 0.05) is 6.04 Å². The van der Waals surface area contributed by atoms with Crippen molar-refractivity contribution in [3.8, 4) is 11.5 Å². The molecule has 2 fully saturated rings. The van der Waals surface area contributed by atoms with Crippen molar-refractivity contribution < 1.29 is 24.1 Å². The third kappa shape index (κ3) is 8.44. The number of anilines is 1. The zero-order chi connectivity index (χ0) is 45.6. The maximum Gasteiger partial charge on any atom is 0.167 e. The van der Waals surface area contributed by atoms with Crippen LogP contribution in [0, 0.1) is 0 Å². The Morgan fingerprint density at radius 3 is 1.64 bits per heavy atom. The fraction of sp³-hybridized carbons (Fsp3) is 0.268. The fourth-order valence-corrected chi connectivity index (χ4v) is 10.2. The minimum atomic E-state index is -1.05. The van der Waals surface area contributed by atoms with Crippen LogP contribution in [-0.4, -0.2) is 69.7 Å². The van der Waals surface area contributed by atoms with Crippen molar-refractivity contribution in [3.05, 3.63) is 216 Å². The molecule has 11 nitrogen and oxygen atoms in total. The molecule has 340 valence electrons. The molecule has 0 bridgehead atoms. The van der Waals surface area contributed by atoms with Gasteiger partial charge in [-0.15, -0.1) is 0 Å². The first-order chi connectivity index (χ1) is 33.0. The molecule has 6 aromatic carbocycles. The topological polar surface area (TPSA) is 125 Å². The van der Waals surface area contributed by atoms with Crippen molar-refractivity contribution in [2.45, 2.75) is 73.8 Å². The van der Waals surface area contributed by atoms with Crippen molar-refractivity contribution in [2.24, 2.45) is 0 Å². The summed E-state index contributed by atoms with van der Waals surface area (Å²) in [6, 6.07) is 57.0. The number of aliphatic hydroxyl groups excluding tert-OH is 1. The summed E-state index contributed by atoms with van der Waals surface area (Å²) in [4.78, 5) is 14.8. The molecule has 10 rings (SSSR count). The fourth-order valence-electron chi connectivity index (χ4n) is 10.2. The summed E-state index contributed by atoms with van der Waals surface area (Å²) in [5.74, 6) is 2.04. The third-order valence-corrected chi connectivity index (χ3v) is 13.6. The highest BCUT2D eigenvalue weighted by atomic mass is 16.6. The van der Waals surface area contributed by atoms with E-state index in [1.165, 1.54) is 6.42 Å². The van der Waals surface area contributed by atoms with Gasteiger partial charge in [-0.25, -0.2) is 15.0 Å². The van der Waals surface area contributed by atoms with Gasteiger partial charge < -0.3 is 34.7 Å². The van der Waals surface area contributed by atoms with Gasteiger partial charge >= 0.3 is 0 Å². The summed E-state index contributed by atoms with van der Waals surface area (Å²) in [6.07, 6.45) is 6.48. The van der Waals surface area contributed by atoms with E-state index in [1.807, 2.05) is 114 Å². The molecule has 67 heavy (non-hydrogen) atoms. The first kappa shape index (κ1) is 44.0. The lowest BCUT2D eigenvalue weighted by atomic mass is 9.77. The number of methoxy groups -OCH3 is 2. The first-order valence-corrected chi connectivity index (χ1v) is 23.2. The number of nitrogens with one attached hydrogen (secondary N) is 2. The molecule has 0 spiro atoms. The number of benzene rings is 6. The minimum Gasteiger partial charge on any atom is -0.497 e. The van der Waals surface area contributed by atoms with Crippen LogP contribution in [0.25, 0.3) is 11.2 Å². The smallest absolute Gasteiger partial charge is 0.167 e. The lowest BCUT2D eigenvalue weighted by Gasteiger charge is -2.37. The molecule has 2 aliphatic rings. The van der Waals surface area contributed by atoms with Crippen LogP contribution in [0.3, 0.4) is 0 Å². The number of hydrogen-bond donors (Lipinski definition) is 3. The molecule has 11 heteroatoms. The molecule has 8 aromatic rings. The molecule has 3 N–H and O–H groups in total. The zero-order valence-corrected chi connectivity index (χ0v) is 37.8. The van der Waals surface area contributed by atoms with Crippen LogP contribution in [0.15, 0.2) is 183 Å². The monoisotopic (exact) mass is 892 g/mol. The Labute approximate surface area is 391 Å². The van der Waals surface area contributed by atoms with Crippen LogP contribution in [-0.2, 0) is 20.6 Å². The van der Waals surface area contributed by atoms with E-state index < -0.39 is 35.6 Å². The van der Waals surface area contributed by atoms with Crippen molar-refractivity contribution in [1.82, 2.24) is 24.8 Å². The summed E-state index contributed by atoms with van der Waals surface area (Å²) in [5, 5.41) is 20.3. The number of fused-ring (bicyclic) bond motifs is 1. The highest BCUT2D eigenvalue weighted by Gasteiger charge is 2.48. The van der Waals surface area contributed by atoms with Crippen LogP contribution in [0.2, 0.25) is 0 Å². The van der Waals surface area contributed by atoms with Crippen molar-refractivity contribution in [1.29, 1.82) is 0 Å². The van der Waals surface area contributed by atoms with Crippen molar-refractivity contribution >= 4 is 17.0 Å². The van der Waals surface area contributed by atoms with Gasteiger partial charge in [0.2, 0.25) is 0 Å². The number of imidazole rings is 1. The molecule has 0 radical (unpaired) electrons. The van der Waals surface area contributed by atoms with Crippen LogP contribution < -0.4 is 20.1 Å². The summed E-state index contributed by atoms with van der Waals surface area (Å²) >= 11 is 0. The van der Waals surface area contributed by atoms with Crippen LogP contribution in [0.4, 0.5) is 5.82 Å². The third-order valence-electron chi connectivity index (χ3n) is 13.6. The minimum absolute atomic E-state index is 0.0727. The molecule has 1 aliphatic heterocycles. The second kappa shape index (κ2) is 19.5. The predicted molar refractivity (Wildman–Crippen MR) is 260 cm³/mol. The van der Waals surface area contributed by atoms with E-state index in [0.717, 1.165) is 70.6 Å². The second-order valence-corrected chi connectivity index (χ2v) is 17.4. The quantitative estimate of drug-likeness (QED) is 0.0808. The van der Waals surface area contributed by atoms with Gasteiger partial charge in [0.15, 0.2) is 23.2 Å². The highest BCUT2D eigenvalue weighted by molar-refractivity contribution is 5.84. The Hall–Kier alpha value is -6.89. The largest absolute Gasteiger partial charge is 0.497 e. The standard InChI is InChI=1S/C56H56N6O5/c1-64-46-32-28-41(29-33-46)55(39-18-8-3-9-19-39,40-20-10-4-11-21-40)61-52-50-53(58-37-57-52)62(38-59-50)54-49(60-45-26-16-7-17-27-45)51(63)48(67-54)36-66-56(42-22-12-5-13-23-42,43-24-14-6-15-25-43)44-30-34-47(65-2)35-31-44/h3-6,8-15,18-25,28-35,37-38,45,48-49,51,54,60,63H,7,16-17,26-27,36H2,1-2H3,(H,57,58,61)/t48-,49-,51+,54-/m1/s1. The Balaban J connectivity index is 1.04. The summed E-state index contributed by atoms with van der Waals surface area (Å²) < 4.78 is 27.5. The predicted octanol–water partition coefficient (Wildman–Crippen LogP) is 9.81. The van der Waals surface area contributed by atoms with Gasteiger partial charge in [0.05, 0.1) is 33.2 Å². The molecule has 0 amide bonds. The van der Waals surface area contributed by atoms with Crippen LogP contribution in [0.1, 0.15) is 71.7 Å². The number of aliphatic hydroxyl groups is 1. The van der Waals surface area contributed by atoms with Gasteiger partial charge in [0.1, 0.15) is 41.2 Å². The number of aromatic nitrogens is 4. The van der Waals surface area contributed by atoms with E-state index in [4.69, 9.17) is 33.9 Å². The molecule has 1 aliphatic carbocycles. The molecule has 1 saturated carbocycles. The van der Waals surface area contributed by atoms with Gasteiger partial charge in [-0.3, -0.25) is 4.57 Å². The average Bonchev–Trinajstić information content (AvgIpc) is 3.97.